The number of rotatable bonds is 5. The van der Waals surface area contributed by atoms with Crippen molar-refractivity contribution in [1.29, 1.82) is 0 Å². The summed E-state index contributed by atoms with van der Waals surface area (Å²) in [7, 11) is -3.68. The molecule has 0 saturated carbocycles. The zero-order valence-electron chi connectivity index (χ0n) is 38.0. The third kappa shape index (κ3) is 13.1. The van der Waals surface area contributed by atoms with Gasteiger partial charge in [0.25, 0.3) is 10.1 Å². The monoisotopic (exact) mass is 869 g/mol. The van der Waals surface area contributed by atoms with Crippen molar-refractivity contribution in [3.63, 3.8) is 0 Å². The number of aliphatic hydroxyl groups excluding tert-OH is 3. The molecule has 0 aromatic rings. The number of carbonyl (C=O) groups excluding carboxylic acids is 3. The van der Waals surface area contributed by atoms with Gasteiger partial charge in [0, 0.05) is 54.4 Å². The van der Waals surface area contributed by atoms with Gasteiger partial charge in [0.15, 0.2) is 11.6 Å². The van der Waals surface area contributed by atoms with Gasteiger partial charge >= 0.3 is 5.97 Å². The van der Waals surface area contributed by atoms with E-state index in [1.54, 1.807) is 20.8 Å². The molecule has 2 saturated heterocycles. The van der Waals surface area contributed by atoms with Gasteiger partial charge in [-0.15, -0.1) is 0 Å². The molecule has 18 atom stereocenters. The predicted octanol–water partition coefficient (Wildman–Crippen LogP) is 5.87. The third-order valence-corrected chi connectivity index (χ3v) is 14.4. The van der Waals surface area contributed by atoms with E-state index >= 15 is 0 Å². The van der Waals surface area contributed by atoms with Crippen LogP contribution in [0.5, 0.6) is 0 Å². The van der Waals surface area contributed by atoms with Gasteiger partial charge in [-0.1, -0.05) is 92.7 Å². The second kappa shape index (κ2) is 21.9. The standard InChI is InChI=1S/C46H76O13S/c1-13-35-18-16-14-15-17-28(4)43(51)45(11,53)44(52)33(9)41(50)32(8)40(49)31(7)39(48)27(3)19-22-38(47)56-42-30(6)36(21-20-35)57-46(34(42)10)24-23-26(2)37(58-46)25-29(5)59-60(12,54)55/h14-16,18-19,22,26-37,39,41-43,48,50-51,53H,13,17,20-21,23-25H2,1-12H3/b15-14+,18-16+,22-19+/t26-,27-,28+,29+,30+,31-,32-,33-,34-,35-,36-,37-,39+,41+,42+,43-,45+,46-/m1/s1. The van der Waals surface area contributed by atoms with E-state index in [0.717, 1.165) is 25.5 Å². The molecule has 0 amide bonds. The fourth-order valence-electron chi connectivity index (χ4n) is 9.34. The lowest BCUT2D eigenvalue weighted by Gasteiger charge is -2.55. The van der Waals surface area contributed by atoms with Crippen molar-refractivity contribution in [2.75, 3.05) is 6.26 Å². The number of hydrogen-bond acceptors (Lipinski definition) is 13. The molecular formula is C46H76O13S. The fraction of sp³-hybridized carbons (Fsp3) is 0.804. The van der Waals surface area contributed by atoms with Crippen molar-refractivity contribution in [3.05, 3.63) is 36.5 Å². The van der Waals surface area contributed by atoms with Crippen LogP contribution >= 0.6 is 0 Å². The smallest absolute Gasteiger partial charge is 0.330 e. The average molecular weight is 869 g/mol. The molecule has 344 valence electrons. The molecule has 4 N–H and O–H groups in total. The van der Waals surface area contributed by atoms with Crippen LogP contribution in [0, 0.1) is 53.3 Å². The van der Waals surface area contributed by atoms with Crippen molar-refractivity contribution in [2.45, 2.75) is 175 Å². The van der Waals surface area contributed by atoms with E-state index in [4.69, 9.17) is 18.4 Å². The maximum Gasteiger partial charge on any atom is 0.330 e. The molecule has 2 fully saturated rings. The summed E-state index contributed by atoms with van der Waals surface area (Å²) in [5.41, 5.74) is -2.20. The first-order valence-electron chi connectivity index (χ1n) is 22.1. The molecule has 3 heterocycles. The zero-order chi connectivity index (χ0) is 45.5. The molecule has 0 unspecified atom stereocenters. The molecule has 3 aliphatic rings. The molecule has 13 nitrogen and oxygen atoms in total. The van der Waals surface area contributed by atoms with Crippen molar-refractivity contribution in [2.24, 2.45) is 53.3 Å². The number of aliphatic hydroxyl groups is 4. The van der Waals surface area contributed by atoms with Gasteiger partial charge in [0.05, 0.1) is 42.9 Å². The van der Waals surface area contributed by atoms with Crippen LogP contribution in [0.2, 0.25) is 0 Å². The Labute approximate surface area is 359 Å². The Bertz CT molecular complexity index is 1640. The summed E-state index contributed by atoms with van der Waals surface area (Å²) in [6.45, 7) is 18.8. The Balaban J connectivity index is 2.00. The van der Waals surface area contributed by atoms with Gasteiger partial charge in [-0.3, -0.25) is 13.8 Å². The second-order valence-electron chi connectivity index (χ2n) is 18.7. The highest BCUT2D eigenvalue weighted by molar-refractivity contribution is 7.86. The Kier molecular flexibility index (Phi) is 19.0. The molecule has 2 bridgehead atoms. The quantitative estimate of drug-likeness (QED) is 0.189. The van der Waals surface area contributed by atoms with Gasteiger partial charge in [-0.25, -0.2) is 4.79 Å². The summed E-state index contributed by atoms with van der Waals surface area (Å²) >= 11 is 0. The Morgan fingerprint density at radius 1 is 0.867 bits per heavy atom. The van der Waals surface area contributed by atoms with E-state index in [0.29, 0.717) is 25.7 Å². The van der Waals surface area contributed by atoms with Crippen molar-refractivity contribution in [1.82, 2.24) is 0 Å². The van der Waals surface area contributed by atoms with Crippen LogP contribution in [-0.2, 0) is 42.9 Å². The van der Waals surface area contributed by atoms with Gasteiger partial charge < -0.3 is 34.6 Å². The van der Waals surface area contributed by atoms with Gasteiger partial charge in [-0.2, -0.15) is 8.42 Å². The van der Waals surface area contributed by atoms with Crippen molar-refractivity contribution >= 4 is 27.7 Å². The number of Topliss-reactive ketones (excluding diaryl/α,β-unsaturated/α-hetero) is 2. The molecular weight excluding hydrogens is 793 g/mol. The van der Waals surface area contributed by atoms with E-state index < -0.39 is 105 Å². The molecule has 3 rings (SSSR count). The molecule has 1 spiro atoms. The molecule has 0 aromatic heterocycles. The minimum atomic E-state index is -3.68. The fourth-order valence-corrected chi connectivity index (χ4v) is 10.0. The first kappa shape index (κ1) is 52.0. The van der Waals surface area contributed by atoms with Gasteiger partial charge in [0.2, 0.25) is 0 Å². The lowest BCUT2D eigenvalue weighted by molar-refractivity contribution is -0.371. The number of allylic oxidation sites excluding steroid dienone is 4. The van der Waals surface area contributed by atoms with E-state index in [1.807, 2.05) is 32.1 Å². The summed E-state index contributed by atoms with van der Waals surface area (Å²) in [5, 5.41) is 44.8. The van der Waals surface area contributed by atoms with Gasteiger partial charge in [0.1, 0.15) is 17.5 Å². The molecule has 0 aromatic carbocycles. The van der Waals surface area contributed by atoms with Crippen LogP contribution in [0.15, 0.2) is 36.5 Å². The number of ether oxygens (including phenoxy) is 3. The normalized spacial score (nSPS) is 44.7. The summed E-state index contributed by atoms with van der Waals surface area (Å²) in [6, 6.07) is 0. The van der Waals surface area contributed by atoms with E-state index in [9.17, 15) is 43.2 Å². The molecule has 0 radical (unpaired) electrons. The Morgan fingerprint density at radius 2 is 1.50 bits per heavy atom. The summed E-state index contributed by atoms with van der Waals surface area (Å²) in [4.78, 5) is 40.7. The number of hydrogen-bond donors (Lipinski definition) is 4. The minimum absolute atomic E-state index is 0.0861. The molecule has 14 heteroatoms. The predicted molar refractivity (Wildman–Crippen MR) is 229 cm³/mol. The van der Waals surface area contributed by atoms with Crippen LogP contribution in [0.25, 0.3) is 0 Å². The molecule has 0 aliphatic carbocycles. The van der Waals surface area contributed by atoms with Crippen LogP contribution in [0.1, 0.15) is 121 Å². The Morgan fingerprint density at radius 3 is 2.12 bits per heavy atom. The van der Waals surface area contributed by atoms with Crippen LogP contribution < -0.4 is 0 Å². The lowest BCUT2D eigenvalue weighted by atomic mass is 9.74. The molecule has 3 aliphatic heterocycles. The SMILES string of the molecule is CC[C@@H]1/C=C/C=C/C[C@H](C)[C@@H](O)[C@](C)(O)C(=O)[C@H](C)[C@@H](O)[C@H](C)C(=O)[C@H](C)[C@@H](O)[C@H](C)/C=C/C(=O)O[C@H]2[C@@H](C)[C@@H](CC1)O[C@@]1(CC[C@@H](C)[C@@H](C[C@H](C)OS(C)(=O)=O)O1)[C@@H]2C. The number of fused-ring (bicyclic) bond motifs is 2. The largest absolute Gasteiger partial charge is 0.458 e. The topological polar surface area (TPSA) is 203 Å². The maximum absolute atomic E-state index is 13.6. The van der Waals surface area contributed by atoms with Crippen LogP contribution in [0.4, 0.5) is 0 Å². The minimum Gasteiger partial charge on any atom is -0.458 e. The Hall–Kier alpha value is -2.30. The maximum atomic E-state index is 13.6. The second-order valence-corrected chi connectivity index (χ2v) is 20.3. The number of ketones is 2. The zero-order valence-corrected chi connectivity index (χ0v) is 38.8. The van der Waals surface area contributed by atoms with E-state index in [2.05, 4.69) is 19.9 Å². The van der Waals surface area contributed by atoms with Gasteiger partial charge in [-0.05, 0) is 63.7 Å². The summed E-state index contributed by atoms with van der Waals surface area (Å²) in [6.07, 6.45) is 9.53. The number of esters is 1. The van der Waals surface area contributed by atoms with Crippen molar-refractivity contribution in [3.8, 4) is 0 Å². The highest BCUT2D eigenvalue weighted by Crippen LogP contribution is 2.49. The summed E-state index contributed by atoms with van der Waals surface area (Å²) in [5.74, 6) is -7.95. The first-order chi connectivity index (χ1) is 27.8. The van der Waals surface area contributed by atoms with Crippen LogP contribution in [-0.4, -0.2) is 107 Å². The highest BCUT2D eigenvalue weighted by Gasteiger charge is 2.56. The highest BCUT2D eigenvalue weighted by atomic mass is 32.2. The van der Waals surface area contributed by atoms with E-state index in [1.165, 1.54) is 39.8 Å². The number of carbonyl (C=O) groups is 3. The summed E-state index contributed by atoms with van der Waals surface area (Å²) < 4.78 is 49.2. The van der Waals surface area contributed by atoms with E-state index in [-0.39, 0.29) is 30.0 Å². The van der Waals surface area contributed by atoms with Crippen molar-refractivity contribution < 1.29 is 61.6 Å². The third-order valence-electron chi connectivity index (χ3n) is 13.8. The van der Waals surface area contributed by atoms with Crippen LogP contribution in [0.3, 0.4) is 0 Å². The lowest BCUT2D eigenvalue weighted by Crippen LogP contribution is -2.62. The first-order valence-corrected chi connectivity index (χ1v) is 23.9. The average Bonchev–Trinajstić information content (AvgIpc) is 3.19. The molecule has 60 heavy (non-hydrogen) atoms.